The maximum Gasteiger partial charge on any atom is 0.255 e. The Morgan fingerprint density at radius 3 is 2.52 bits per heavy atom. The van der Waals surface area contributed by atoms with Crippen molar-refractivity contribution in [2.75, 3.05) is 33.3 Å². The van der Waals surface area contributed by atoms with Gasteiger partial charge in [0.15, 0.2) is 6.17 Å². The number of benzene rings is 1. The van der Waals surface area contributed by atoms with E-state index in [0.29, 0.717) is 37.7 Å². The summed E-state index contributed by atoms with van der Waals surface area (Å²) in [5.41, 5.74) is 7.64. The standard InChI is InChI=1S/C32H50N6O4/c1-3-4-9-18-36(2)28(39)15-12-21-42-26-16-17-27-25(22-26)23-38(31(29(33)40)37-19-10-6-11-20-37)32(34-27)35-30(41)24-13-7-5-8-14-24/h16-17,22,24,31H,3-15,18-21,23H2,1-2H3,(H2,33,40)(H,34,35,41). The zero-order chi connectivity index (χ0) is 29.9. The number of carbonyl (C=O) groups excluding carboxylic acids is 3. The lowest BCUT2D eigenvalue weighted by Gasteiger charge is -2.42. The number of likely N-dealkylation sites (tertiary alicyclic amines) is 1. The van der Waals surface area contributed by atoms with Crippen LogP contribution in [0.2, 0.25) is 0 Å². The minimum atomic E-state index is -0.700. The van der Waals surface area contributed by atoms with Crippen LogP contribution in [0.4, 0.5) is 5.69 Å². The molecule has 1 aliphatic carbocycles. The highest BCUT2D eigenvalue weighted by Crippen LogP contribution is 2.32. The number of primary amides is 1. The highest BCUT2D eigenvalue weighted by Gasteiger charge is 2.37. The number of hydrogen-bond donors (Lipinski definition) is 2. The Labute approximate surface area is 251 Å². The Bertz CT molecular complexity index is 1100. The number of nitrogens with two attached hydrogens (primary N) is 1. The van der Waals surface area contributed by atoms with Crippen molar-refractivity contribution in [3.8, 4) is 5.75 Å². The molecular weight excluding hydrogens is 532 g/mol. The average Bonchev–Trinajstić information content (AvgIpc) is 3.00. The van der Waals surface area contributed by atoms with Crippen molar-refractivity contribution in [2.45, 2.75) is 103 Å². The lowest BCUT2D eigenvalue weighted by molar-refractivity contribution is -0.130. The van der Waals surface area contributed by atoms with E-state index in [1.165, 1.54) is 6.42 Å². The van der Waals surface area contributed by atoms with E-state index >= 15 is 0 Å². The second-order valence-electron chi connectivity index (χ2n) is 12.0. The van der Waals surface area contributed by atoms with Crippen LogP contribution in [0.5, 0.6) is 5.75 Å². The number of unbranched alkanes of at least 4 members (excludes halogenated alkanes) is 2. The van der Waals surface area contributed by atoms with Gasteiger partial charge in [-0.05, 0) is 56.7 Å². The maximum absolute atomic E-state index is 13.3. The van der Waals surface area contributed by atoms with Crippen LogP contribution < -0.4 is 15.8 Å². The van der Waals surface area contributed by atoms with Crippen LogP contribution in [0.25, 0.3) is 0 Å². The summed E-state index contributed by atoms with van der Waals surface area (Å²) in [7, 11) is 1.86. The minimum Gasteiger partial charge on any atom is -0.494 e. The Hall–Kier alpha value is -3.14. The van der Waals surface area contributed by atoms with Crippen LogP contribution in [-0.4, -0.2) is 77.8 Å². The molecule has 0 radical (unpaired) electrons. The summed E-state index contributed by atoms with van der Waals surface area (Å²) in [4.78, 5) is 49.2. The fourth-order valence-corrected chi connectivity index (χ4v) is 6.22. The number of aliphatic imine (C=N–C) groups is 1. The van der Waals surface area contributed by atoms with E-state index in [4.69, 9.17) is 15.5 Å². The number of fused-ring (bicyclic) bond motifs is 1. The molecule has 1 aromatic carbocycles. The number of guanidine groups is 1. The summed E-state index contributed by atoms with van der Waals surface area (Å²) in [5, 5.41) is 3.08. The van der Waals surface area contributed by atoms with Crippen molar-refractivity contribution in [2.24, 2.45) is 16.6 Å². The zero-order valence-corrected chi connectivity index (χ0v) is 25.6. The summed E-state index contributed by atoms with van der Waals surface area (Å²) in [6, 6.07) is 5.70. The van der Waals surface area contributed by atoms with Crippen LogP contribution in [0.1, 0.15) is 96.0 Å². The Kier molecular flexibility index (Phi) is 12.0. The van der Waals surface area contributed by atoms with E-state index in [1.54, 1.807) is 0 Å². The van der Waals surface area contributed by atoms with Crippen LogP contribution in [-0.2, 0) is 20.9 Å². The molecule has 2 fully saturated rings. The molecule has 2 aliphatic heterocycles. The molecule has 4 rings (SSSR count). The SMILES string of the molecule is CCCCCN(C)C(=O)CCCOc1ccc2c(c1)CN(C(C(N)=O)N1CCCCC1)C(NC(=O)C1CCCCC1)=N2. The first kappa shape index (κ1) is 31.8. The molecular formula is C32H50N6O4. The predicted molar refractivity (Wildman–Crippen MR) is 164 cm³/mol. The second-order valence-corrected chi connectivity index (χ2v) is 12.0. The smallest absolute Gasteiger partial charge is 0.255 e. The molecule has 10 nitrogen and oxygen atoms in total. The summed E-state index contributed by atoms with van der Waals surface area (Å²) in [6.07, 6.45) is 11.9. The fraction of sp³-hybridized carbons (Fsp3) is 0.688. The van der Waals surface area contributed by atoms with Crippen molar-refractivity contribution >= 4 is 29.4 Å². The van der Waals surface area contributed by atoms with E-state index in [1.807, 2.05) is 35.0 Å². The van der Waals surface area contributed by atoms with Crippen molar-refractivity contribution in [1.82, 2.24) is 20.0 Å². The molecule has 1 atom stereocenters. The molecule has 0 aromatic heterocycles. The Morgan fingerprint density at radius 1 is 1.07 bits per heavy atom. The van der Waals surface area contributed by atoms with Gasteiger partial charge in [0, 0.05) is 44.6 Å². The number of ether oxygens (including phenoxy) is 1. The van der Waals surface area contributed by atoms with Gasteiger partial charge >= 0.3 is 0 Å². The Morgan fingerprint density at radius 2 is 1.81 bits per heavy atom. The lowest BCUT2D eigenvalue weighted by atomic mass is 9.89. The van der Waals surface area contributed by atoms with Gasteiger partial charge in [-0.1, -0.05) is 45.4 Å². The first-order chi connectivity index (χ1) is 20.4. The van der Waals surface area contributed by atoms with Gasteiger partial charge in [0.1, 0.15) is 5.75 Å². The molecule has 1 unspecified atom stereocenters. The third-order valence-electron chi connectivity index (χ3n) is 8.71. The molecule has 2 heterocycles. The number of hydrogen-bond acceptors (Lipinski definition) is 7. The molecule has 1 aromatic rings. The second kappa shape index (κ2) is 15.9. The fourth-order valence-electron chi connectivity index (χ4n) is 6.22. The van der Waals surface area contributed by atoms with Gasteiger partial charge in [0.05, 0.1) is 18.8 Å². The third kappa shape index (κ3) is 8.69. The van der Waals surface area contributed by atoms with Gasteiger partial charge in [0.25, 0.3) is 5.91 Å². The summed E-state index contributed by atoms with van der Waals surface area (Å²) in [6.45, 7) is 5.31. The largest absolute Gasteiger partial charge is 0.494 e. The molecule has 232 valence electrons. The number of rotatable bonds is 13. The normalized spacial score (nSPS) is 18.5. The average molecular weight is 583 g/mol. The van der Waals surface area contributed by atoms with E-state index in [-0.39, 0.29) is 17.7 Å². The topological polar surface area (TPSA) is 121 Å². The quantitative estimate of drug-likeness (QED) is 0.335. The van der Waals surface area contributed by atoms with Gasteiger partial charge in [0.2, 0.25) is 17.8 Å². The van der Waals surface area contributed by atoms with E-state index < -0.39 is 12.1 Å². The van der Waals surface area contributed by atoms with Crippen LogP contribution in [0.3, 0.4) is 0 Å². The molecule has 1 saturated heterocycles. The first-order valence-corrected chi connectivity index (χ1v) is 16.1. The van der Waals surface area contributed by atoms with Crippen molar-refractivity contribution in [3.63, 3.8) is 0 Å². The molecule has 3 N–H and O–H groups in total. The monoisotopic (exact) mass is 582 g/mol. The van der Waals surface area contributed by atoms with Gasteiger partial charge in [-0.2, -0.15) is 0 Å². The third-order valence-corrected chi connectivity index (χ3v) is 8.71. The highest BCUT2D eigenvalue weighted by atomic mass is 16.5. The summed E-state index contributed by atoms with van der Waals surface area (Å²) < 4.78 is 6.02. The molecule has 0 spiro atoms. The minimum absolute atomic E-state index is 0.0331. The first-order valence-electron chi connectivity index (χ1n) is 16.1. The van der Waals surface area contributed by atoms with E-state index in [0.717, 1.165) is 95.1 Å². The van der Waals surface area contributed by atoms with Gasteiger partial charge in [-0.3, -0.25) is 24.6 Å². The lowest BCUT2D eigenvalue weighted by Crippen LogP contribution is -2.61. The van der Waals surface area contributed by atoms with Crippen LogP contribution in [0, 0.1) is 5.92 Å². The number of nitrogens with one attached hydrogen (secondary N) is 1. The summed E-state index contributed by atoms with van der Waals surface area (Å²) in [5.74, 6) is 0.707. The predicted octanol–water partition coefficient (Wildman–Crippen LogP) is 4.29. The Balaban J connectivity index is 1.45. The number of nitrogens with zero attached hydrogens (tertiary/aromatic N) is 4. The van der Waals surface area contributed by atoms with E-state index in [2.05, 4.69) is 17.1 Å². The number of carbonyl (C=O) groups is 3. The molecule has 3 aliphatic rings. The molecule has 0 bridgehead atoms. The van der Waals surface area contributed by atoms with Gasteiger partial charge < -0.3 is 20.3 Å². The summed E-state index contributed by atoms with van der Waals surface area (Å²) >= 11 is 0. The van der Waals surface area contributed by atoms with Gasteiger partial charge in [-0.25, -0.2) is 4.99 Å². The van der Waals surface area contributed by atoms with E-state index in [9.17, 15) is 14.4 Å². The van der Waals surface area contributed by atoms with Crippen LogP contribution >= 0.6 is 0 Å². The van der Waals surface area contributed by atoms with Crippen LogP contribution in [0.15, 0.2) is 23.2 Å². The number of piperidine rings is 1. The maximum atomic E-state index is 13.3. The van der Waals surface area contributed by atoms with Crippen molar-refractivity contribution in [3.05, 3.63) is 23.8 Å². The molecule has 10 heteroatoms. The molecule has 42 heavy (non-hydrogen) atoms. The van der Waals surface area contributed by atoms with Crippen molar-refractivity contribution in [1.29, 1.82) is 0 Å². The molecule has 1 saturated carbocycles. The van der Waals surface area contributed by atoms with Gasteiger partial charge in [-0.15, -0.1) is 0 Å². The number of amides is 3. The highest BCUT2D eigenvalue weighted by molar-refractivity contribution is 6.01. The zero-order valence-electron chi connectivity index (χ0n) is 25.6. The van der Waals surface area contributed by atoms with Crippen molar-refractivity contribution < 1.29 is 19.1 Å². The molecule has 3 amide bonds.